The Kier molecular flexibility index (Phi) is 5.05. The van der Waals surface area contributed by atoms with Gasteiger partial charge in [0.2, 0.25) is 0 Å². The third-order valence-electron chi connectivity index (χ3n) is 3.47. The van der Waals surface area contributed by atoms with Gasteiger partial charge in [-0.05, 0) is 31.0 Å². The average molecular weight is 310 g/mol. The molecule has 112 valence electrons. The maximum atomic E-state index is 12.9. The quantitative estimate of drug-likeness (QED) is 0.902. The van der Waals surface area contributed by atoms with Gasteiger partial charge in [-0.2, -0.15) is 13.2 Å². The van der Waals surface area contributed by atoms with Gasteiger partial charge in [0.25, 0.3) is 0 Å². The summed E-state index contributed by atoms with van der Waals surface area (Å²) in [6.07, 6.45) is -3.62. The largest absolute Gasteiger partial charge is 0.480 e. The smallest absolute Gasteiger partial charge is 0.416 e. The minimum Gasteiger partial charge on any atom is -0.480 e. The Morgan fingerprint density at radius 2 is 2.00 bits per heavy atom. The first-order valence-corrected chi connectivity index (χ1v) is 5.99. The van der Waals surface area contributed by atoms with Crippen LogP contribution in [0.4, 0.5) is 13.2 Å². The van der Waals surface area contributed by atoms with Gasteiger partial charge in [-0.15, -0.1) is 12.4 Å². The van der Waals surface area contributed by atoms with Crippen molar-refractivity contribution in [3.8, 4) is 0 Å². The molecular formula is C13H15ClF3NO2. The zero-order valence-electron chi connectivity index (χ0n) is 10.5. The van der Waals surface area contributed by atoms with Gasteiger partial charge in [-0.1, -0.05) is 18.2 Å². The molecule has 0 bridgehead atoms. The Bertz CT molecular complexity index is 485. The molecule has 0 spiro atoms. The number of carboxylic acid groups (broad SMARTS) is 1. The van der Waals surface area contributed by atoms with Crippen molar-refractivity contribution in [3.05, 3.63) is 35.4 Å². The fourth-order valence-corrected chi connectivity index (χ4v) is 2.49. The summed E-state index contributed by atoms with van der Waals surface area (Å²) in [4.78, 5) is 11.3. The Hall–Kier alpha value is -1.27. The maximum Gasteiger partial charge on any atom is 0.416 e. The molecule has 1 fully saturated rings. The standard InChI is InChI=1S/C13H14F3NO2.ClH/c14-13(15,16)10-5-2-1-4-9(10)8-12(11(18)19)6-3-7-17-12;/h1-2,4-5,17H,3,6-8H2,(H,18,19);1H/t12-;/m1./s1. The van der Waals surface area contributed by atoms with Crippen molar-refractivity contribution >= 4 is 18.4 Å². The summed E-state index contributed by atoms with van der Waals surface area (Å²) < 4.78 is 38.6. The summed E-state index contributed by atoms with van der Waals surface area (Å²) in [7, 11) is 0. The van der Waals surface area contributed by atoms with Crippen LogP contribution >= 0.6 is 12.4 Å². The molecule has 1 aliphatic heterocycles. The number of rotatable bonds is 3. The first kappa shape index (κ1) is 16.8. The average Bonchev–Trinajstić information content (AvgIpc) is 2.78. The van der Waals surface area contributed by atoms with E-state index < -0.39 is 23.2 Å². The second-order valence-corrected chi connectivity index (χ2v) is 4.75. The highest BCUT2D eigenvalue weighted by Gasteiger charge is 2.43. The van der Waals surface area contributed by atoms with Crippen LogP contribution in [0.1, 0.15) is 24.0 Å². The lowest BCUT2D eigenvalue weighted by Crippen LogP contribution is -2.49. The van der Waals surface area contributed by atoms with Crippen molar-refractivity contribution in [1.29, 1.82) is 0 Å². The highest BCUT2D eigenvalue weighted by atomic mass is 35.5. The highest BCUT2D eigenvalue weighted by Crippen LogP contribution is 2.34. The van der Waals surface area contributed by atoms with E-state index in [9.17, 15) is 23.1 Å². The maximum absolute atomic E-state index is 12.9. The van der Waals surface area contributed by atoms with Crippen molar-refractivity contribution < 1.29 is 23.1 Å². The number of benzene rings is 1. The molecule has 1 atom stereocenters. The van der Waals surface area contributed by atoms with Crippen LogP contribution in [0.25, 0.3) is 0 Å². The van der Waals surface area contributed by atoms with Crippen LogP contribution in [0.5, 0.6) is 0 Å². The van der Waals surface area contributed by atoms with Gasteiger partial charge in [0.15, 0.2) is 0 Å². The minimum atomic E-state index is -4.46. The Morgan fingerprint density at radius 3 is 2.50 bits per heavy atom. The van der Waals surface area contributed by atoms with Crippen molar-refractivity contribution in [2.45, 2.75) is 31.0 Å². The summed E-state index contributed by atoms with van der Waals surface area (Å²) in [5, 5.41) is 12.1. The van der Waals surface area contributed by atoms with Gasteiger partial charge in [0, 0.05) is 6.42 Å². The van der Waals surface area contributed by atoms with Crippen LogP contribution in [-0.2, 0) is 17.4 Å². The molecule has 3 nitrogen and oxygen atoms in total. The van der Waals surface area contributed by atoms with Crippen LogP contribution < -0.4 is 5.32 Å². The van der Waals surface area contributed by atoms with Crippen LogP contribution in [0.3, 0.4) is 0 Å². The van der Waals surface area contributed by atoms with E-state index >= 15 is 0 Å². The van der Waals surface area contributed by atoms with Gasteiger partial charge in [0.05, 0.1) is 5.56 Å². The van der Waals surface area contributed by atoms with E-state index in [4.69, 9.17) is 0 Å². The molecule has 0 saturated carbocycles. The van der Waals surface area contributed by atoms with E-state index in [0.29, 0.717) is 19.4 Å². The summed E-state index contributed by atoms with van der Waals surface area (Å²) in [5.41, 5.74) is -2.02. The van der Waals surface area contributed by atoms with E-state index in [1.54, 1.807) is 0 Å². The molecule has 1 aromatic carbocycles. The van der Waals surface area contributed by atoms with Crippen LogP contribution in [0.2, 0.25) is 0 Å². The molecule has 0 aromatic heterocycles. The SMILES string of the molecule is Cl.O=C(O)[C@]1(Cc2ccccc2C(F)(F)F)CCCN1. The summed E-state index contributed by atoms with van der Waals surface area (Å²) in [5.74, 6) is -1.10. The highest BCUT2D eigenvalue weighted by molar-refractivity contribution is 5.85. The lowest BCUT2D eigenvalue weighted by atomic mass is 9.87. The van der Waals surface area contributed by atoms with E-state index in [0.717, 1.165) is 6.07 Å². The molecule has 0 unspecified atom stereocenters. The molecule has 1 aliphatic rings. The minimum absolute atomic E-state index is 0. The number of nitrogens with one attached hydrogen (secondary N) is 1. The van der Waals surface area contributed by atoms with Gasteiger partial charge in [-0.3, -0.25) is 4.79 Å². The summed E-state index contributed by atoms with van der Waals surface area (Å²) in [6, 6.07) is 5.13. The second-order valence-electron chi connectivity index (χ2n) is 4.75. The Morgan fingerprint density at radius 1 is 1.35 bits per heavy atom. The number of halogens is 4. The molecule has 0 radical (unpaired) electrons. The van der Waals surface area contributed by atoms with Gasteiger partial charge in [0.1, 0.15) is 5.54 Å². The number of hydrogen-bond acceptors (Lipinski definition) is 2. The fraction of sp³-hybridized carbons (Fsp3) is 0.462. The topological polar surface area (TPSA) is 49.3 Å². The van der Waals surface area contributed by atoms with Crippen molar-refractivity contribution in [2.75, 3.05) is 6.54 Å². The number of carbonyl (C=O) groups is 1. The third-order valence-corrected chi connectivity index (χ3v) is 3.47. The Labute approximate surface area is 120 Å². The van der Waals surface area contributed by atoms with Gasteiger partial charge in [-0.25, -0.2) is 0 Å². The molecule has 7 heteroatoms. The van der Waals surface area contributed by atoms with E-state index in [2.05, 4.69) is 5.32 Å². The third kappa shape index (κ3) is 3.24. The van der Waals surface area contributed by atoms with Crippen molar-refractivity contribution in [1.82, 2.24) is 5.32 Å². The zero-order chi connectivity index (χ0) is 14.1. The summed E-state index contributed by atoms with van der Waals surface area (Å²) in [6.45, 7) is 0.514. The van der Waals surface area contributed by atoms with E-state index in [-0.39, 0.29) is 24.4 Å². The lowest BCUT2D eigenvalue weighted by molar-refractivity contribution is -0.145. The second kappa shape index (κ2) is 6.01. The van der Waals surface area contributed by atoms with Gasteiger partial charge >= 0.3 is 12.1 Å². The zero-order valence-corrected chi connectivity index (χ0v) is 11.4. The van der Waals surface area contributed by atoms with Crippen LogP contribution in [0.15, 0.2) is 24.3 Å². The molecule has 1 aromatic rings. The predicted molar refractivity (Wildman–Crippen MR) is 70.0 cm³/mol. The molecule has 0 aliphatic carbocycles. The fourth-order valence-electron chi connectivity index (χ4n) is 2.49. The number of carboxylic acids is 1. The van der Waals surface area contributed by atoms with E-state index in [1.807, 2.05) is 0 Å². The number of alkyl halides is 3. The molecular weight excluding hydrogens is 295 g/mol. The molecule has 2 N–H and O–H groups in total. The lowest BCUT2D eigenvalue weighted by Gasteiger charge is -2.26. The first-order valence-electron chi connectivity index (χ1n) is 5.99. The van der Waals surface area contributed by atoms with Crippen LogP contribution in [-0.4, -0.2) is 23.2 Å². The van der Waals surface area contributed by atoms with E-state index in [1.165, 1.54) is 18.2 Å². The van der Waals surface area contributed by atoms with Crippen molar-refractivity contribution in [3.63, 3.8) is 0 Å². The molecule has 20 heavy (non-hydrogen) atoms. The number of aliphatic carboxylic acids is 1. The predicted octanol–water partition coefficient (Wildman–Crippen LogP) is 2.88. The van der Waals surface area contributed by atoms with Crippen LogP contribution in [0, 0.1) is 0 Å². The molecule has 1 heterocycles. The van der Waals surface area contributed by atoms with Crippen molar-refractivity contribution in [2.24, 2.45) is 0 Å². The molecule has 2 rings (SSSR count). The molecule has 0 amide bonds. The summed E-state index contributed by atoms with van der Waals surface area (Å²) >= 11 is 0. The molecule has 1 saturated heterocycles. The van der Waals surface area contributed by atoms with Gasteiger partial charge < -0.3 is 10.4 Å². The Balaban J connectivity index is 0.00000200. The number of hydrogen-bond donors (Lipinski definition) is 2. The monoisotopic (exact) mass is 309 g/mol. The normalized spacial score (nSPS) is 22.4. The first-order chi connectivity index (χ1) is 8.85.